The lowest BCUT2D eigenvalue weighted by molar-refractivity contribution is -0.155. The van der Waals surface area contributed by atoms with Gasteiger partial charge in [-0.2, -0.15) is 0 Å². The minimum atomic E-state index is -0.516. The molecule has 0 aliphatic carbocycles. The Bertz CT molecular complexity index is 241. The van der Waals surface area contributed by atoms with Crippen LogP contribution in [-0.2, 0) is 19.1 Å². The van der Waals surface area contributed by atoms with E-state index in [0.29, 0.717) is 13.2 Å². The summed E-state index contributed by atoms with van der Waals surface area (Å²) in [4.78, 5) is 22.2. The highest BCUT2D eigenvalue weighted by Crippen LogP contribution is 1.98. The van der Waals surface area contributed by atoms with Gasteiger partial charge in [0.25, 0.3) is 0 Å². The van der Waals surface area contributed by atoms with Crippen molar-refractivity contribution in [1.29, 1.82) is 0 Å². The molecule has 0 saturated heterocycles. The van der Waals surface area contributed by atoms with Gasteiger partial charge in [-0.05, 0) is 25.7 Å². The maximum Gasteiger partial charge on any atom is 0.317 e. The van der Waals surface area contributed by atoms with Crippen LogP contribution in [0.15, 0.2) is 12.2 Å². The number of hydrogen-bond acceptors (Lipinski definition) is 4. The number of hydrogen-bond donors (Lipinski definition) is 0. The molecule has 4 nitrogen and oxygen atoms in total. The van der Waals surface area contributed by atoms with Crippen LogP contribution in [-0.4, -0.2) is 25.2 Å². The summed E-state index contributed by atoms with van der Waals surface area (Å²) in [6, 6.07) is 0. The van der Waals surface area contributed by atoms with Crippen LogP contribution in [0.2, 0.25) is 0 Å². The maximum absolute atomic E-state index is 11.1. The van der Waals surface area contributed by atoms with Crippen molar-refractivity contribution in [2.75, 3.05) is 13.2 Å². The summed E-state index contributed by atoms with van der Waals surface area (Å²) >= 11 is 0. The van der Waals surface area contributed by atoms with Crippen molar-refractivity contribution >= 4 is 11.9 Å². The molecule has 0 heterocycles. The van der Waals surface area contributed by atoms with E-state index in [1.54, 1.807) is 0 Å². The number of carbonyl (C=O) groups is 2. The third-order valence-corrected chi connectivity index (χ3v) is 1.78. The number of rotatable bonds is 6. The first-order chi connectivity index (χ1) is 8.83. The van der Waals surface area contributed by atoms with Gasteiger partial charge in [-0.15, -0.1) is 0 Å². The van der Waals surface area contributed by atoms with Gasteiger partial charge < -0.3 is 9.47 Å². The smallest absolute Gasteiger partial charge is 0.317 e. The van der Waals surface area contributed by atoms with Crippen LogP contribution in [0.25, 0.3) is 0 Å². The van der Waals surface area contributed by atoms with Gasteiger partial charge in [0.15, 0.2) is 0 Å². The van der Waals surface area contributed by atoms with E-state index < -0.39 is 11.9 Å². The van der Waals surface area contributed by atoms with Crippen molar-refractivity contribution < 1.29 is 19.1 Å². The Morgan fingerprint density at radius 3 is 1.37 bits per heavy atom. The molecule has 0 aliphatic heterocycles. The predicted molar refractivity (Wildman–Crippen MR) is 76.7 cm³/mol. The number of esters is 2. The lowest BCUT2D eigenvalue weighted by atomic mass is 10.2. The lowest BCUT2D eigenvalue weighted by Gasteiger charge is -2.08. The number of ether oxygens (including phenoxy) is 2. The Morgan fingerprint density at radius 2 is 1.16 bits per heavy atom. The van der Waals surface area contributed by atoms with Crippen LogP contribution in [0, 0.1) is 11.8 Å². The fourth-order valence-corrected chi connectivity index (χ4v) is 0.739. The van der Waals surface area contributed by atoms with E-state index in [2.05, 4.69) is 0 Å². The van der Waals surface area contributed by atoms with Gasteiger partial charge in [0.1, 0.15) is 6.42 Å². The molecule has 0 N–H and O–H groups in total. The molecule has 0 aromatic heterocycles. The fourth-order valence-electron chi connectivity index (χ4n) is 0.739. The Morgan fingerprint density at radius 1 is 0.842 bits per heavy atom. The van der Waals surface area contributed by atoms with Crippen molar-refractivity contribution in [2.45, 2.75) is 48.0 Å². The molecule has 0 saturated carbocycles. The summed E-state index contributed by atoms with van der Waals surface area (Å²) < 4.78 is 9.68. The monoisotopic (exact) mass is 272 g/mol. The third kappa shape index (κ3) is 19.2. The SMILES string of the molecule is CC(C)COC(=O)CC(=O)OCC(C)C.CC=CC. The van der Waals surface area contributed by atoms with Gasteiger partial charge in [0.05, 0.1) is 13.2 Å². The molecule has 0 aromatic carbocycles. The molecule has 0 radical (unpaired) electrons. The molecule has 0 fully saturated rings. The molecule has 0 aromatic rings. The summed E-state index contributed by atoms with van der Waals surface area (Å²) in [6.07, 6.45) is 3.71. The van der Waals surface area contributed by atoms with Crippen LogP contribution in [0.4, 0.5) is 0 Å². The van der Waals surface area contributed by atoms with E-state index in [1.807, 2.05) is 53.7 Å². The van der Waals surface area contributed by atoms with Crippen molar-refractivity contribution in [2.24, 2.45) is 11.8 Å². The maximum atomic E-state index is 11.1. The zero-order valence-electron chi connectivity index (χ0n) is 13.1. The fraction of sp³-hybridized carbons (Fsp3) is 0.733. The van der Waals surface area contributed by atoms with E-state index in [1.165, 1.54) is 0 Å². The van der Waals surface area contributed by atoms with Gasteiger partial charge in [-0.1, -0.05) is 39.8 Å². The van der Waals surface area contributed by atoms with Gasteiger partial charge in [0.2, 0.25) is 0 Å². The van der Waals surface area contributed by atoms with Crippen molar-refractivity contribution in [3.63, 3.8) is 0 Å². The highest BCUT2D eigenvalue weighted by molar-refractivity contribution is 5.91. The quantitative estimate of drug-likeness (QED) is 0.422. The van der Waals surface area contributed by atoms with Gasteiger partial charge >= 0.3 is 11.9 Å². The van der Waals surface area contributed by atoms with E-state index in [9.17, 15) is 9.59 Å². The molecular weight excluding hydrogens is 244 g/mol. The molecule has 0 atom stereocenters. The van der Waals surface area contributed by atoms with E-state index in [0.717, 1.165) is 0 Å². The summed E-state index contributed by atoms with van der Waals surface area (Å²) in [5.74, 6) is -0.476. The molecule has 0 spiro atoms. The van der Waals surface area contributed by atoms with Crippen molar-refractivity contribution in [3.8, 4) is 0 Å². The first-order valence-electron chi connectivity index (χ1n) is 6.71. The van der Waals surface area contributed by atoms with Crippen LogP contribution < -0.4 is 0 Å². The Hall–Kier alpha value is -1.32. The van der Waals surface area contributed by atoms with Gasteiger partial charge in [0, 0.05) is 0 Å². The number of carbonyl (C=O) groups excluding carboxylic acids is 2. The lowest BCUT2D eigenvalue weighted by Crippen LogP contribution is -2.17. The normalized spacial score (nSPS) is 10.3. The number of allylic oxidation sites excluding steroid dienone is 2. The standard InChI is InChI=1S/C11H20O4.C4H8/c1-8(2)6-14-10(12)5-11(13)15-7-9(3)4;1-3-4-2/h8-9H,5-7H2,1-4H3;3-4H,1-2H3. The molecule has 0 unspecified atom stereocenters. The molecule has 0 bridgehead atoms. The van der Waals surface area contributed by atoms with Crippen molar-refractivity contribution in [3.05, 3.63) is 12.2 Å². The summed E-state index contributed by atoms with van der Waals surface area (Å²) in [7, 11) is 0. The third-order valence-electron chi connectivity index (χ3n) is 1.78. The zero-order valence-corrected chi connectivity index (χ0v) is 13.1. The minimum absolute atomic E-state index is 0.278. The average Bonchev–Trinajstić information content (AvgIpc) is 2.34. The molecule has 0 amide bonds. The molecule has 4 heteroatoms. The molecule has 112 valence electrons. The molecule has 0 aliphatic rings. The first-order valence-corrected chi connectivity index (χ1v) is 6.71. The summed E-state index contributed by atoms with van der Waals surface area (Å²) in [5, 5.41) is 0. The highest BCUT2D eigenvalue weighted by Gasteiger charge is 2.12. The summed E-state index contributed by atoms with van der Waals surface area (Å²) in [6.45, 7) is 12.4. The van der Waals surface area contributed by atoms with Gasteiger partial charge in [-0.25, -0.2) is 0 Å². The highest BCUT2D eigenvalue weighted by atomic mass is 16.6. The van der Waals surface area contributed by atoms with Crippen LogP contribution in [0.5, 0.6) is 0 Å². The summed E-state index contributed by atoms with van der Waals surface area (Å²) in [5.41, 5.74) is 0. The second-order valence-corrected chi connectivity index (χ2v) is 5.00. The predicted octanol–water partition coefficient (Wildman–Crippen LogP) is 3.36. The minimum Gasteiger partial charge on any atom is -0.465 e. The largest absolute Gasteiger partial charge is 0.465 e. The van der Waals surface area contributed by atoms with Crippen LogP contribution in [0.1, 0.15) is 48.0 Å². The molecular formula is C15H28O4. The second-order valence-electron chi connectivity index (χ2n) is 5.00. The van der Waals surface area contributed by atoms with E-state index >= 15 is 0 Å². The molecule has 19 heavy (non-hydrogen) atoms. The van der Waals surface area contributed by atoms with Crippen LogP contribution >= 0.6 is 0 Å². The van der Waals surface area contributed by atoms with E-state index in [-0.39, 0.29) is 18.3 Å². The Labute approximate surface area is 117 Å². The molecule has 0 rings (SSSR count). The Balaban J connectivity index is 0. The second kappa shape index (κ2) is 13.1. The van der Waals surface area contributed by atoms with E-state index in [4.69, 9.17) is 9.47 Å². The first kappa shape index (κ1) is 20.0. The zero-order chi connectivity index (χ0) is 15.3. The van der Waals surface area contributed by atoms with Gasteiger partial charge in [-0.3, -0.25) is 9.59 Å². The Kier molecular flexibility index (Phi) is 13.8. The van der Waals surface area contributed by atoms with Crippen molar-refractivity contribution in [1.82, 2.24) is 0 Å². The topological polar surface area (TPSA) is 52.6 Å². The van der Waals surface area contributed by atoms with Crippen LogP contribution in [0.3, 0.4) is 0 Å². The average molecular weight is 272 g/mol.